The van der Waals surface area contributed by atoms with Gasteiger partial charge in [-0.3, -0.25) is 9.59 Å². The second kappa shape index (κ2) is 7.95. The van der Waals surface area contributed by atoms with Crippen LogP contribution >= 0.6 is 11.6 Å². The van der Waals surface area contributed by atoms with Crippen LogP contribution in [0.3, 0.4) is 0 Å². The Morgan fingerprint density at radius 3 is 2.36 bits per heavy atom. The number of halogens is 4. The molecular formula is C16H17ClF3NO4. The zero-order valence-corrected chi connectivity index (χ0v) is 13.9. The van der Waals surface area contributed by atoms with Crippen LogP contribution in [0.5, 0.6) is 5.75 Å². The average Bonchev–Trinajstić information content (AvgIpc) is 2.54. The van der Waals surface area contributed by atoms with Crippen molar-refractivity contribution < 1.29 is 32.6 Å². The first-order valence-corrected chi connectivity index (χ1v) is 8.06. The fourth-order valence-electron chi connectivity index (χ4n) is 2.72. The molecule has 2 N–H and O–H groups in total. The number of anilines is 1. The minimum absolute atomic E-state index is 0.0963. The van der Waals surface area contributed by atoms with Crippen molar-refractivity contribution >= 4 is 29.2 Å². The van der Waals surface area contributed by atoms with Gasteiger partial charge in [0.15, 0.2) is 6.61 Å². The number of benzene rings is 1. The van der Waals surface area contributed by atoms with Crippen LogP contribution in [0.2, 0.25) is 5.02 Å². The molecule has 2 rings (SSSR count). The molecule has 1 aromatic carbocycles. The Hall–Kier alpha value is -1.96. The molecule has 1 fully saturated rings. The fourth-order valence-corrected chi connectivity index (χ4v) is 2.88. The highest BCUT2D eigenvalue weighted by Gasteiger charge is 2.31. The van der Waals surface area contributed by atoms with Gasteiger partial charge in [0, 0.05) is 17.0 Å². The number of nitrogens with one attached hydrogen (secondary N) is 1. The van der Waals surface area contributed by atoms with E-state index in [2.05, 4.69) is 5.32 Å². The summed E-state index contributed by atoms with van der Waals surface area (Å²) < 4.78 is 41.7. The van der Waals surface area contributed by atoms with Crippen LogP contribution in [0.15, 0.2) is 18.2 Å². The molecule has 0 atom stereocenters. The van der Waals surface area contributed by atoms with E-state index in [-0.39, 0.29) is 28.3 Å². The van der Waals surface area contributed by atoms with Crippen LogP contribution in [0, 0.1) is 11.8 Å². The van der Waals surface area contributed by atoms with E-state index in [0.717, 1.165) is 0 Å². The van der Waals surface area contributed by atoms with Gasteiger partial charge in [0.2, 0.25) is 5.91 Å². The van der Waals surface area contributed by atoms with Gasteiger partial charge in [0.1, 0.15) is 5.75 Å². The van der Waals surface area contributed by atoms with Gasteiger partial charge in [-0.1, -0.05) is 11.6 Å². The van der Waals surface area contributed by atoms with E-state index in [1.54, 1.807) is 0 Å². The molecule has 0 spiro atoms. The number of aliphatic carboxylic acids is 1. The SMILES string of the molecule is O=C(O)C1CCC(C(=O)Nc2ccc(Cl)cc2OCC(F)(F)F)CC1. The minimum atomic E-state index is -4.52. The van der Waals surface area contributed by atoms with E-state index < -0.39 is 24.7 Å². The first-order valence-electron chi connectivity index (χ1n) is 7.68. The van der Waals surface area contributed by atoms with E-state index >= 15 is 0 Å². The molecule has 9 heteroatoms. The molecule has 25 heavy (non-hydrogen) atoms. The summed E-state index contributed by atoms with van der Waals surface area (Å²) in [5.41, 5.74) is 0.0963. The molecule has 0 unspecified atom stereocenters. The fraction of sp³-hybridized carbons (Fsp3) is 0.500. The molecular weight excluding hydrogens is 363 g/mol. The zero-order valence-electron chi connectivity index (χ0n) is 13.1. The Balaban J connectivity index is 2.02. The molecule has 1 aliphatic rings. The number of alkyl halides is 3. The number of rotatable bonds is 5. The maximum atomic E-state index is 12.3. The number of carbonyl (C=O) groups is 2. The van der Waals surface area contributed by atoms with Crippen LogP contribution < -0.4 is 10.1 Å². The maximum absolute atomic E-state index is 12.3. The van der Waals surface area contributed by atoms with Crippen LogP contribution in [-0.2, 0) is 9.59 Å². The standard InChI is InChI=1S/C16H17ClF3NO4/c17-11-5-6-12(13(7-11)25-8-16(18,19)20)21-14(22)9-1-3-10(4-2-9)15(23)24/h5-7,9-10H,1-4,8H2,(H,21,22)(H,23,24). The summed E-state index contributed by atoms with van der Waals surface area (Å²) in [4.78, 5) is 23.2. The molecule has 1 aromatic rings. The third-order valence-corrected chi connectivity index (χ3v) is 4.28. The Morgan fingerprint density at radius 1 is 1.20 bits per heavy atom. The third kappa shape index (κ3) is 5.81. The van der Waals surface area contributed by atoms with Crippen LogP contribution in [0.25, 0.3) is 0 Å². The van der Waals surface area contributed by atoms with Gasteiger partial charge in [-0.2, -0.15) is 13.2 Å². The van der Waals surface area contributed by atoms with E-state index in [4.69, 9.17) is 21.4 Å². The number of hydrogen-bond donors (Lipinski definition) is 2. The number of amides is 1. The molecule has 0 bridgehead atoms. The van der Waals surface area contributed by atoms with Crippen LogP contribution in [0.4, 0.5) is 18.9 Å². The van der Waals surface area contributed by atoms with Gasteiger partial charge < -0.3 is 15.2 Å². The Kier molecular flexibility index (Phi) is 6.16. The van der Waals surface area contributed by atoms with Gasteiger partial charge in [0.25, 0.3) is 0 Å². The number of ether oxygens (including phenoxy) is 1. The summed E-state index contributed by atoms with van der Waals surface area (Å²) in [5.74, 6) is -2.26. The predicted octanol–water partition coefficient (Wildman–Crippen LogP) is 4.11. The normalized spacial score (nSPS) is 20.8. The second-order valence-corrected chi connectivity index (χ2v) is 6.36. The van der Waals surface area contributed by atoms with E-state index in [1.165, 1.54) is 18.2 Å². The summed E-state index contributed by atoms with van der Waals surface area (Å²) in [6, 6.07) is 4.00. The lowest BCUT2D eigenvalue weighted by Gasteiger charge is -2.25. The predicted molar refractivity (Wildman–Crippen MR) is 84.7 cm³/mol. The maximum Gasteiger partial charge on any atom is 0.422 e. The Labute approximate surface area is 147 Å². The second-order valence-electron chi connectivity index (χ2n) is 5.92. The van der Waals surface area contributed by atoms with Gasteiger partial charge in [0.05, 0.1) is 11.6 Å². The topological polar surface area (TPSA) is 75.6 Å². The van der Waals surface area contributed by atoms with Crippen molar-refractivity contribution in [3.05, 3.63) is 23.2 Å². The molecule has 1 saturated carbocycles. The molecule has 138 valence electrons. The summed E-state index contributed by atoms with van der Waals surface area (Å²) in [6.45, 7) is -1.50. The molecule has 0 heterocycles. The minimum Gasteiger partial charge on any atom is -0.482 e. The van der Waals surface area contributed by atoms with Crippen molar-refractivity contribution in [2.24, 2.45) is 11.8 Å². The zero-order chi connectivity index (χ0) is 18.6. The van der Waals surface area contributed by atoms with E-state index in [0.29, 0.717) is 25.7 Å². The Morgan fingerprint density at radius 2 is 1.80 bits per heavy atom. The van der Waals surface area contributed by atoms with Crippen molar-refractivity contribution in [3.8, 4) is 5.75 Å². The van der Waals surface area contributed by atoms with Crippen molar-refractivity contribution in [1.29, 1.82) is 0 Å². The first kappa shape index (κ1) is 19.4. The van der Waals surface area contributed by atoms with E-state index in [1.807, 2.05) is 0 Å². The lowest BCUT2D eigenvalue weighted by molar-refractivity contribution is -0.153. The van der Waals surface area contributed by atoms with Gasteiger partial charge in [-0.25, -0.2) is 0 Å². The molecule has 0 radical (unpaired) electrons. The van der Waals surface area contributed by atoms with Crippen LogP contribution in [0.1, 0.15) is 25.7 Å². The van der Waals surface area contributed by atoms with Gasteiger partial charge >= 0.3 is 12.1 Å². The van der Waals surface area contributed by atoms with Crippen molar-refractivity contribution in [2.75, 3.05) is 11.9 Å². The van der Waals surface area contributed by atoms with Crippen molar-refractivity contribution in [2.45, 2.75) is 31.9 Å². The van der Waals surface area contributed by atoms with Crippen LogP contribution in [-0.4, -0.2) is 29.8 Å². The highest BCUT2D eigenvalue weighted by Crippen LogP contribution is 2.33. The quantitative estimate of drug-likeness (QED) is 0.807. The largest absolute Gasteiger partial charge is 0.482 e. The molecule has 1 amide bonds. The number of carboxylic acids is 1. The lowest BCUT2D eigenvalue weighted by atomic mass is 9.81. The lowest BCUT2D eigenvalue weighted by Crippen LogP contribution is -2.29. The molecule has 5 nitrogen and oxygen atoms in total. The van der Waals surface area contributed by atoms with E-state index in [9.17, 15) is 22.8 Å². The molecule has 1 aliphatic carbocycles. The van der Waals surface area contributed by atoms with Gasteiger partial charge in [-0.15, -0.1) is 0 Å². The monoisotopic (exact) mass is 379 g/mol. The molecule has 0 aromatic heterocycles. The number of hydrogen-bond acceptors (Lipinski definition) is 3. The third-order valence-electron chi connectivity index (χ3n) is 4.04. The summed E-state index contributed by atoms with van der Waals surface area (Å²) in [5, 5.41) is 11.7. The van der Waals surface area contributed by atoms with Crippen molar-refractivity contribution in [3.63, 3.8) is 0 Å². The number of carbonyl (C=O) groups excluding carboxylic acids is 1. The molecule has 0 aliphatic heterocycles. The average molecular weight is 380 g/mol. The first-order chi connectivity index (χ1) is 11.7. The summed E-state index contributed by atoms with van der Waals surface area (Å²) in [6.07, 6.45) is -2.90. The Bertz CT molecular complexity index is 643. The molecule has 0 saturated heterocycles. The van der Waals surface area contributed by atoms with Crippen molar-refractivity contribution in [1.82, 2.24) is 0 Å². The van der Waals surface area contributed by atoms with Gasteiger partial charge in [-0.05, 0) is 37.8 Å². The smallest absolute Gasteiger partial charge is 0.422 e. The summed E-state index contributed by atoms with van der Waals surface area (Å²) >= 11 is 5.77. The summed E-state index contributed by atoms with van der Waals surface area (Å²) in [7, 11) is 0. The number of carboxylic acid groups (broad SMARTS) is 1. The highest BCUT2D eigenvalue weighted by molar-refractivity contribution is 6.30. The highest BCUT2D eigenvalue weighted by atomic mass is 35.5.